The van der Waals surface area contributed by atoms with Crippen molar-refractivity contribution in [1.82, 2.24) is 10.2 Å². The molecule has 0 saturated carbocycles. The Kier molecular flexibility index (Phi) is 13.6. The van der Waals surface area contributed by atoms with E-state index in [1.54, 1.807) is 36.4 Å². The third kappa shape index (κ3) is 9.44. The lowest BCUT2D eigenvalue weighted by molar-refractivity contribution is -0.140. The van der Waals surface area contributed by atoms with Gasteiger partial charge in [0.15, 0.2) is 11.5 Å². The maximum absolute atomic E-state index is 14.9. The molecule has 0 bridgehead atoms. The molecule has 0 radical (unpaired) electrons. The summed E-state index contributed by atoms with van der Waals surface area (Å²) in [5, 5.41) is 3.41. The number of methoxy groups -OCH3 is 4. The van der Waals surface area contributed by atoms with Gasteiger partial charge in [-0.05, 0) is 54.8 Å². The van der Waals surface area contributed by atoms with Crippen LogP contribution in [0.4, 0.5) is 5.69 Å². The Morgan fingerprint density at radius 3 is 2.08 bits per heavy atom. The molecule has 51 heavy (non-hydrogen) atoms. The lowest BCUT2D eigenvalue weighted by atomic mass is 10.0. The van der Waals surface area contributed by atoms with Gasteiger partial charge in [-0.1, -0.05) is 67.1 Å². The Labute approximate surface area is 305 Å². The second-order valence-electron chi connectivity index (χ2n) is 11.7. The predicted octanol–water partition coefficient (Wildman–Crippen LogP) is 6.12. The van der Waals surface area contributed by atoms with Gasteiger partial charge in [0.1, 0.15) is 24.1 Å². The first-order valence-corrected chi connectivity index (χ1v) is 18.1. The number of ether oxygens (including phenoxy) is 4. The molecule has 0 saturated heterocycles. The highest BCUT2D eigenvalue weighted by atomic mass is 35.5. The van der Waals surface area contributed by atoms with E-state index in [2.05, 4.69) is 5.32 Å². The first-order valence-electron chi connectivity index (χ1n) is 16.3. The van der Waals surface area contributed by atoms with Gasteiger partial charge in [0.25, 0.3) is 10.0 Å². The molecule has 0 heterocycles. The fourth-order valence-electron chi connectivity index (χ4n) is 5.41. The minimum absolute atomic E-state index is 0.0429. The Morgan fingerprint density at radius 2 is 1.45 bits per heavy atom. The van der Waals surface area contributed by atoms with Gasteiger partial charge < -0.3 is 29.2 Å². The standard InChI is InChI=1S/C38H44ClN3O8S/c1-7-26(2)40-38(44)33(21-27-13-9-8-10-14-27)41(24-28-15-11-12-16-31(28)39)37(43)25-42(32-22-29(47-3)17-19-34(32)48-4)51(45,46)30-18-20-35(49-5)36(23-30)50-6/h8-20,22-23,26,33H,7,21,24-25H2,1-6H3,(H,40,44). The molecule has 0 aromatic heterocycles. The Hall–Kier alpha value is -4.94. The highest BCUT2D eigenvalue weighted by Gasteiger charge is 2.36. The number of amides is 2. The second-order valence-corrected chi connectivity index (χ2v) is 14.0. The van der Waals surface area contributed by atoms with Gasteiger partial charge >= 0.3 is 0 Å². The van der Waals surface area contributed by atoms with Gasteiger partial charge in [-0.3, -0.25) is 13.9 Å². The molecule has 4 rings (SSSR count). The van der Waals surface area contributed by atoms with Crippen molar-refractivity contribution in [2.45, 2.75) is 50.2 Å². The lowest BCUT2D eigenvalue weighted by Crippen LogP contribution is -2.54. The molecule has 2 unspecified atom stereocenters. The topological polar surface area (TPSA) is 124 Å². The van der Waals surface area contributed by atoms with Gasteiger partial charge in [-0.15, -0.1) is 0 Å². The van der Waals surface area contributed by atoms with Crippen molar-refractivity contribution in [3.05, 3.63) is 107 Å². The van der Waals surface area contributed by atoms with E-state index >= 15 is 0 Å². The fraction of sp³-hybridized carbons (Fsp3) is 0.316. The summed E-state index contributed by atoms with van der Waals surface area (Å²) in [6.45, 7) is 3.03. The van der Waals surface area contributed by atoms with Crippen molar-refractivity contribution >= 4 is 39.1 Å². The Bertz CT molecular complexity index is 1910. The highest BCUT2D eigenvalue weighted by Crippen LogP contribution is 2.38. The van der Waals surface area contributed by atoms with E-state index in [-0.39, 0.29) is 47.0 Å². The smallest absolute Gasteiger partial charge is 0.265 e. The van der Waals surface area contributed by atoms with Gasteiger partial charge in [0.2, 0.25) is 11.8 Å². The number of anilines is 1. The number of halogens is 1. The van der Waals surface area contributed by atoms with Crippen molar-refractivity contribution in [1.29, 1.82) is 0 Å². The van der Waals surface area contributed by atoms with E-state index in [0.717, 1.165) is 9.87 Å². The summed E-state index contributed by atoms with van der Waals surface area (Å²) >= 11 is 6.61. The molecule has 0 spiro atoms. The quantitative estimate of drug-likeness (QED) is 0.138. The third-order valence-electron chi connectivity index (χ3n) is 8.45. The maximum Gasteiger partial charge on any atom is 0.265 e. The van der Waals surface area contributed by atoms with Gasteiger partial charge in [-0.25, -0.2) is 8.42 Å². The molecule has 13 heteroatoms. The Morgan fingerprint density at radius 1 is 0.804 bits per heavy atom. The molecular formula is C38H44ClN3O8S. The van der Waals surface area contributed by atoms with E-state index < -0.39 is 28.5 Å². The van der Waals surface area contributed by atoms with Crippen LogP contribution in [0.2, 0.25) is 5.02 Å². The molecular weight excluding hydrogens is 694 g/mol. The number of benzene rings is 4. The van der Waals surface area contributed by atoms with Gasteiger partial charge in [0.05, 0.1) is 39.0 Å². The van der Waals surface area contributed by atoms with Crippen LogP contribution in [-0.4, -0.2) is 72.2 Å². The number of carbonyl (C=O) groups excluding carboxylic acids is 2. The number of sulfonamides is 1. The van der Waals surface area contributed by atoms with Crippen molar-refractivity contribution in [2.75, 3.05) is 39.3 Å². The van der Waals surface area contributed by atoms with Crippen LogP contribution in [-0.2, 0) is 32.6 Å². The average molecular weight is 738 g/mol. The van der Waals surface area contributed by atoms with Crippen molar-refractivity contribution in [2.24, 2.45) is 0 Å². The zero-order chi connectivity index (χ0) is 37.1. The molecule has 0 aliphatic rings. The molecule has 4 aromatic rings. The summed E-state index contributed by atoms with van der Waals surface area (Å²) in [5.41, 5.74) is 1.43. The minimum Gasteiger partial charge on any atom is -0.497 e. The predicted molar refractivity (Wildman–Crippen MR) is 197 cm³/mol. The van der Waals surface area contributed by atoms with Crippen LogP contribution in [0.25, 0.3) is 0 Å². The number of rotatable bonds is 17. The number of nitrogens with one attached hydrogen (secondary N) is 1. The van der Waals surface area contributed by atoms with Crippen LogP contribution in [0.5, 0.6) is 23.0 Å². The van der Waals surface area contributed by atoms with Crippen LogP contribution in [0.1, 0.15) is 31.4 Å². The molecule has 1 N–H and O–H groups in total. The van der Waals surface area contributed by atoms with E-state index in [0.29, 0.717) is 28.5 Å². The first-order chi connectivity index (χ1) is 24.5. The fourth-order valence-corrected chi connectivity index (χ4v) is 7.04. The van der Waals surface area contributed by atoms with Crippen LogP contribution in [0.3, 0.4) is 0 Å². The number of carbonyl (C=O) groups is 2. The summed E-state index contributed by atoms with van der Waals surface area (Å²) in [6.07, 6.45) is 0.819. The van der Waals surface area contributed by atoms with Gasteiger partial charge in [0, 0.05) is 36.2 Å². The first kappa shape index (κ1) is 38.9. The summed E-state index contributed by atoms with van der Waals surface area (Å²) in [4.78, 5) is 30.2. The highest BCUT2D eigenvalue weighted by molar-refractivity contribution is 7.92. The molecule has 11 nitrogen and oxygen atoms in total. The molecule has 4 aromatic carbocycles. The monoisotopic (exact) mass is 737 g/mol. The van der Waals surface area contributed by atoms with Crippen LogP contribution < -0.4 is 28.6 Å². The normalized spacial score (nSPS) is 12.3. The second kappa shape index (κ2) is 17.8. The summed E-state index contributed by atoms with van der Waals surface area (Å²) in [5.74, 6) is -0.0624. The third-order valence-corrected chi connectivity index (χ3v) is 10.6. The number of hydrogen-bond acceptors (Lipinski definition) is 8. The SMILES string of the molecule is CCC(C)NC(=O)C(Cc1ccccc1)N(Cc1ccccc1Cl)C(=O)CN(c1cc(OC)ccc1OC)S(=O)(=O)c1ccc(OC)c(OC)c1. The summed E-state index contributed by atoms with van der Waals surface area (Å²) in [6, 6.07) is 23.9. The van der Waals surface area contributed by atoms with E-state index in [1.807, 2.05) is 44.2 Å². The average Bonchev–Trinajstić information content (AvgIpc) is 3.15. The molecule has 272 valence electrons. The van der Waals surface area contributed by atoms with Crippen molar-refractivity contribution in [3.8, 4) is 23.0 Å². The van der Waals surface area contributed by atoms with Crippen LogP contribution in [0.15, 0.2) is 95.9 Å². The lowest BCUT2D eigenvalue weighted by Gasteiger charge is -2.34. The largest absolute Gasteiger partial charge is 0.497 e. The van der Waals surface area contributed by atoms with E-state index in [9.17, 15) is 18.0 Å². The van der Waals surface area contributed by atoms with Crippen LogP contribution in [0, 0.1) is 0 Å². The zero-order valence-electron chi connectivity index (χ0n) is 29.6. The van der Waals surface area contributed by atoms with Crippen molar-refractivity contribution in [3.63, 3.8) is 0 Å². The molecule has 2 atom stereocenters. The van der Waals surface area contributed by atoms with Gasteiger partial charge in [-0.2, -0.15) is 0 Å². The van der Waals surface area contributed by atoms with Crippen molar-refractivity contribution < 1.29 is 37.0 Å². The maximum atomic E-state index is 14.9. The van der Waals surface area contributed by atoms with Crippen LogP contribution >= 0.6 is 11.6 Å². The molecule has 0 aliphatic carbocycles. The molecule has 0 aliphatic heterocycles. The zero-order valence-corrected chi connectivity index (χ0v) is 31.2. The number of hydrogen-bond donors (Lipinski definition) is 1. The van der Waals surface area contributed by atoms with E-state index in [1.165, 1.54) is 57.6 Å². The molecule has 0 fully saturated rings. The number of nitrogens with zero attached hydrogens (tertiary/aromatic N) is 2. The molecule has 2 amide bonds. The Balaban J connectivity index is 1.91. The summed E-state index contributed by atoms with van der Waals surface area (Å²) in [7, 11) is 1.15. The summed E-state index contributed by atoms with van der Waals surface area (Å²) < 4.78 is 52.1. The van der Waals surface area contributed by atoms with E-state index in [4.69, 9.17) is 30.5 Å². The minimum atomic E-state index is -4.52.